The van der Waals surface area contributed by atoms with Crippen molar-refractivity contribution in [3.63, 3.8) is 0 Å². The Morgan fingerprint density at radius 1 is 1.17 bits per heavy atom. The number of hydrogen-bond donors (Lipinski definition) is 2. The number of piperidine rings is 1. The van der Waals surface area contributed by atoms with Gasteiger partial charge in [-0.1, -0.05) is 12.1 Å². The molecule has 0 bridgehead atoms. The van der Waals surface area contributed by atoms with Gasteiger partial charge in [-0.2, -0.15) is 0 Å². The van der Waals surface area contributed by atoms with Crippen molar-refractivity contribution in [3.8, 4) is 0 Å². The van der Waals surface area contributed by atoms with Crippen LogP contribution in [0.25, 0.3) is 0 Å². The zero-order valence-corrected chi connectivity index (χ0v) is 11.1. The Kier molecular flexibility index (Phi) is 4.01. The first-order valence-electron chi connectivity index (χ1n) is 6.05. The zero-order valence-electron chi connectivity index (χ0n) is 10.2. The molecule has 1 aliphatic heterocycles. The second-order valence-electron chi connectivity index (χ2n) is 4.80. The molecular formula is C12H19N3O2S. The molecule has 1 aliphatic rings. The molecule has 0 unspecified atom stereocenters. The predicted molar refractivity (Wildman–Crippen MR) is 70.3 cm³/mol. The standard InChI is InChI=1S/C12H19N3O2S/c13-11-5-7-15(8-6-11)9-10-1-3-12(4-2-10)18(14,16)17/h1-4,11H,5-9,13H2,(H2,14,16,17). The molecule has 0 saturated carbocycles. The SMILES string of the molecule is NC1CCN(Cc2ccc(S(N)(=O)=O)cc2)CC1. The monoisotopic (exact) mass is 269 g/mol. The summed E-state index contributed by atoms with van der Waals surface area (Å²) in [6.07, 6.45) is 2.05. The van der Waals surface area contributed by atoms with E-state index in [1.807, 2.05) is 12.1 Å². The fourth-order valence-corrected chi connectivity index (χ4v) is 2.67. The number of primary sulfonamides is 1. The van der Waals surface area contributed by atoms with Crippen LogP contribution in [0, 0.1) is 0 Å². The van der Waals surface area contributed by atoms with Crippen LogP contribution < -0.4 is 10.9 Å². The van der Waals surface area contributed by atoms with E-state index in [4.69, 9.17) is 10.9 Å². The van der Waals surface area contributed by atoms with Crippen molar-refractivity contribution in [1.29, 1.82) is 0 Å². The maximum absolute atomic E-state index is 11.1. The summed E-state index contributed by atoms with van der Waals surface area (Å²) < 4.78 is 22.2. The number of sulfonamides is 1. The molecule has 2 rings (SSSR count). The van der Waals surface area contributed by atoms with Crippen molar-refractivity contribution in [3.05, 3.63) is 29.8 Å². The highest BCUT2D eigenvalue weighted by molar-refractivity contribution is 7.89. The van der Waals surface area contributed by atoms with Gasteiger partial charge in [0.25, 0.3) is 0 Å². The summed E-state index contributed by atoms with van der Waals surface area (Å²) in [7, 11) is -3.59. The van der Waals surface area contributed by atoms with Crippen LogP contribution in [0.1, 0.15) is 18.4 Å². The first-order chi connectivity index (χ1) is 8.45. The molecule has 0 atom stereocenters. The van der Waals surface area contributed by atoms with Crippen molar-refractivity contribution < 1.29 is 8.42 Å². The second-order valence-corrected chi connectivity index (χ2v) is 6.36. The number of benzene rings is 1. The van der Waals surface area contributed by atoms with E-state index in [-0.39, 0.29) is 4.90 Å². The Balaban J connectivity index is 1.98. The summed E-state index contributed by atoms with van der Waals surface area (Å²) in [6.45, 7) is 2.83. The number of nitrogens with two attached hydrogens (primary N) is 2. The minimum Gasteiger partial charge on any atom is -0.328 e. The smallest absolute Gasteiger partial charge is 0.238 e. The van der Waals surface area contributed by atoms with E-state index in [1.165, 1.54) is 0 Å². The molecule has 0 amide bonds. The molecule has 1 aromatic rings. The molecule has 1 fully saturated rings. The van der Waals surface area contributed by atoms with Crippen molar-refractivity contribution >= 4 is 10.0 Å². The topological polar surface area (TPSA) is 89.4 Å². The van der Waals surface area contributed by atoms with Crippen molar-refractivity contribution in [2.45, 2.75) is 30.3 Å². The van der Waals surface area contributed by atoms with Gasteiger partial charge >= 0.3 is 0 Å². The average Bonchev–Trinajstić information content (AvgIpc) is 2.32. The Morgan fingerprint density at radius 2 is 1.72 bits per heavy atom. The molecular weight excluding hydrogens is 250 g/mol. The number of nitrogens with zero attached hydrogens (tertiary/aromatic N) is 1. The average molecular weight is 269 g/mol. The van der Waals surface area contributed by atoms with Gasteiger partial charge in [0.15, 0.2) is 0 Å². The molecule has 6 heteroatoms. The quantitative estimate of drug-likeness (QED) is 0.823. The maximum atomic E-state index is 11.1. The van der Waals surface area contributed by atoms with Gasteiger partial charge in [0.05, 0.1) is 4.90 Å². The Bertz CT molecular complexity index is 491. The number of rotatable bonds is 3. The molecule has 1 aromatic carbocycles. The van der Waals surface area contributed by atoms with E-state index in [9.17, 15) is 8.42 Å². The largest absolute Gasteiger partial charge is 0.328 e. The molecule has 100 valence electrons. The maximum Gasteiger partial charge on any atom is 0.238 e. The lowest BCUT2D eigenvalue weighted by Crippen LogP contribution is -2.39. The van der Waals surface area contributed by atoms with Crippen LogP contribution in [0.4, 0.5) is 0 Å². The fourth-order valence-electron chi connectivity index (χ4n) is 2.15. The molecule has 4 N–H and O–H groups in total. The van der Waals surface area contributed by atoms with Crippen molar-refractivity contribution in [2.75, 3.05) is 13.1 Å². The van der Waals surface area contributed by atoms with Crippen LogP contribution in [-0.2, 0) is 16.6 Å². The molecule has 5 nitrogen and oxygen atoms in total. The summed E-state index contributed by atoms with van der Waals surface area (Å²) in [6, 6.07) is 7.06. The van der Waals surface area contributed by atoms with Gasteiger partial charge in [-0.25, -0.2) is 13.6 Å². The highest BCUT2D eigenvalue weighted by Gasteiger charge is 2.16. The molecule has 0 aliphatic carbocycles. The van der Waals surface area contributed by atoms with Crippen LogP contribution in [-0.4, -0.2) is 32.4 Å². The Labute approximate surface area is 108 Å². The fraction of sp³-hybridized carbons (Fsp3) is 0.500. The molecule has 0 spiro atoms. The van der Waals surface area contributed by atoms with E-state index in [1.54, 1.807) is 12.1 Å². The first kappa shape index (κ1) is 13.5. The van der Waals surface area contributed by atoms with Crippen LogP contribution in [0.15, 0.2) is 29.2 Å². The van der Waals surface area contributed by atoms with Gasteiger partial charge in [-0.05, 0) is 43.6 Å². The Morgan fingerprint density at radius 3 is 2.22 bits per heavy atom. The van der Waals surface area contributed by atoms with Crippen molar-refractivity contribution in [2.24, 2.45) is 10.9 Å². The van der Waals surface area contributed by atoms with E-state index in [0.717, 1.165) is 38.0 Å². The van der Waals surface area contributed by atoms with Gasteiger partial charge in [0.2, 0.25) is 10.0 Å². The second kappa shape index (κ2) is 5.36. The summed E-state index contributed by atoms with van der Waals surface area (Å²) >= 11 is 0. The molecule has 0 aromatic heterocycles. The van der Waals surface area contributed by atoms with Crippen LogP contribution >= 0.6 is 0 Å². The highest BCUT2D eigenvalue weighted by atomic mass is 32.2. The van der Waals surface area contributed by atoms with E-state index < -0.39 is 10.0 Å². The highest BCUT2D eigenvalue weighted by Crippen LogP contribution is 2.14. The summed E-state index contributed by atoms with van der Waals surface area (Å²) in [5.74, 6) is 0. The lowest BCUT2D eigenvalue weighted by molar-refractivity contribution is 0.205. The van der Waals surface area contributed by atoms with Gasteiger partial charge < -0.3 is 5.73 Å². The van der Waals surface area contributed by atoms with Gasteiger partial charge in [0, 0.05) is 12.6 Å². The lowest BCUT2D eigenvalue weighted by atomic mass is 10.1. The number of hydrogen-bond acceptors (Lipinski definition) is 4. The molecule has 1 heterocycles. The van der Waals surface area contributed by atoms with Crippen LogP contribution in [0.5, 0.6) is 0 Å². The van der Waals surface area contributed by atoms with E-state index in [2.05, 4.69) is 4.90 Å². The predicted octanol–water partition coefficient (Wildman–Crippen LogP) is 0.257. The Hall–Kier alpha value is -0.950. The first-order valence-corrected chi connectivity index (χ1v) is 7.59. The third kappa shape index (κ3) is 3.52. The summed E-state index contributed by atoms with van der Waals surface area (Å²) in [5, 5.41) is 5.05. The summed E-state index contributed by atoms with van der Waals surface area (Å²) in [5.41, 5.74) is 6.95. The van der Waals surface area contributed by atoms with Gasteiger partial charge in [-0.3, -0.25) is 4.90 Å². The third-order valence-electron chi connectivity index (χ3n) is 3.29. The third-order valence-corrected chi connectivity index (χ3v) is 4.22. The lowest BCUT2D eigenvalue weighted by Gasteiger charge is -2.30. The van der Waals surface area contributed by atoms with E-state index >= 15 is 0 Å². The van der Waals surface area contributed by atoms with Gasteiger partial charge in [0.1, 0.15) is 0 Å². The van der Waals surface area contributed by atoms with Gasteiger partial charge in [-0.15, -0.1) is 0 Å². The molecule has 18 heavy (non-hydrogen) atoms. The number of likely N-dealkylation sites (tertiary alicyclic amines) is 1. The molecule has 0 radical (unpaired) electrons. The normalized spacial score (nSPS) is 19.0. The minimum absolute atomic E-state index is 0.159. The minimum atomic E-state index is -3.59. The zero-order chi connectivity index (χ0) is 13.2. The van der Waals surface area contributed by atoms with Crippen LogP contribution in [0.3, 0.4) is 0 Å². The van der Waals surface area contributed by atoms with E-state index in [0.29, 0.717) is 6.04 Å². The summed E-state index contributed by atoms with van der Waals surface area (Å²) in [4.78, 5) is 2.49. The van der Waals surface area contributed by atoms with Crippen LogP contribution in [0.2, 0.25) is 0 Å². The van der Waals surface area contributed by atoms with Crippen molar-refractivity contribution in [1.82, 2.24) is 4.90 Å². The molecule has 1 saturated heterocycles.